The van der Waals surface area contributed by atoms with Crippen LogP contribution in [0.25, 0.3) is 11.5 Å². The number of hydrogen-bond acceptors (Lipinski definition) is 6. The fraction of sp³-hybridized carbons (Fsp3) is 0.375. The van der Waals surface area contributed by atoms with Crippen LogP contribution in [0.3, 0.4) is 0 Å². The first kappa shape index (κ1) is 22.2. The van der Waals surface area contributed by atoms with Gasteiger partial charge in [0, 0.05) is 36.9 Å². The largest absolute Gasteiger partial charge is 0.472 e. The van der Waals surface area contributed by atoms with Gasteiger partial charge in [0.25, 0.3) is 5.91 Å². The third kappa shape index (κ3) is 4.32. The van der Waals surface area contributed by atoms with Gasteiger partial charge in [-0.1, -0.05) is 0 Å². The summed E-state index contributed by atoms with van der Waals surface area (Å²) in [6.07, 6.45) is 1.60. The van der Waals surface area contributed by atoms with Gasteiger partial charge in [-0.05, 0) is 56.4 Å². The van der Waals surface area contributed by atoms with Crippen molar-refractivity contribution in [3.8, 4) is 17.4 Å². The molecule has 0 spiro atoms. The first-order chi connectivity index (χ1) is 16.3. The van der Waals surface area contributed by atoms with E-state index in [9.17, 15) is 18.0 Å². The molecule has 3 aliphatic rings. The van der Waals surface area contributed by atoms with Crippen molar-refractivity contribution in [3.63, 3.8) is 0 Å². The van der Waals surface area contributed by atoms with Gasteiger partial charge in [0.15, 0.2) is 5.82 Å². The van der Waals surface area contributed by atoms with Crippen molar-refractivity contribution in [2.75, 3.05) is 6.54 Å². The maximum Gasteiger partial charge on any atom is 0.417 e. The quantitative estimate of drug-likeness (QED) is 0.566. The maximum atomic E-state index is 13.7. The number of hydrogen-bond donors (Lipinski definition) is 0. The molecular weight excluding hydrogens is 447 g/mol. The Hall–Kier alpha value is -3.56. The van der Waals surface area contributed by atoms with Gasteiger partial charge >= 0.3 is 6.18 Å². The van der Waals surface area contributed by atoms with Gasteiger partial charge in [-0.3, -0.25) is 4.79 Å². The van der Waals surface area contributed by atoms with Gasteiger partial charge in [-0.2, -0.15) is 13.2 Å². The Bertz CT molecular complexity index is 1190. The first-order valence-electron chi connectivity index (χ1n) is 11.1. The SMILES string of the molecule is Cc1ccc(C(=O)N2CC3CCC2C(Oc2ccc(C(F)(F)F)cn2)C3)c(-c2ncccn2)n1. The number of pyridine rings is 2. The number of aromatic nitrogens is 4. The van der Waals surface area contributed by atoms with Crippen LogP contribution >= 0.6 is 0 Å². The molecule has 2 bridgehead atoms. The highest BCUT2D eigenvalue weighted by molar-refractivity contribution is 5.99. The normalized spacial score (nSPS) is 22.0. The van der Waals surface area contributed by atoms with Gasteiger partial charge in [0.1, 0.15) is 11.8 Å². The molecule has 3 aromatic heterocycles. The van der Waals surface area contributed by atoms with Gasteiger partial charge in [-0.25, -0.2) is 19.9 Å². The topological polar surface area (TPSA) is 81.1 Å². The molecular formula is C24H22F3N5O2. The number of carbonyl (C=O) groups excluding carboxylic acids is 1. The number of piperidine rings is 2. The summed E-state index contributed by atoms with van der Waals surface area (Å²) in [6, 6.07) is 7.19. The lowest BCUT2D eigenvalue weighted by molar-refractivity contribution is -0.137. The molecule has 2 saturated heterocycles. The van der Waals surface area contributed by atoms with Crippen molar-refractivity contribution in [1.82, 2.24) is 24.8 Å². The van der Waals surface area contributed by atoms with E-state index in [-0.39, 0.29) is 29.9 Å². The second-order valence-electron chi connectivity index (χ2n) is 8.66. The molecule has 3 unspecified atom stereocenters. The van der Waals surface area contributed by atoms with Crippen molar-refractivity contribution < 1.29 is 22.7 Å². The Morgan fingerprint density at radius 3 is 2.56 bits per heavy atom. The molecule has 0 aromatic carbocycles. The fourth-order valence-corrected chi connectivity index (χ4v) is 4.74. The van der Waals surface area contributed by atoms with E-state index in [0.29, 0.717) is 23.6 Å². The predicted molar refractivity (Wildman–Crippen MR) is 116 cm³/mol. The minimum atomic E-state index is -4.46. The van der Waals surface area contributed by atoms with Crippen molar-refractivity contribution >= 4 is 5.91 Å². The summed E-state index contributed by atoms with van der Waals surface area (Å²) in [5.41, 5.74) is 0.753. The second kappa shape index (κ2) is 8.66. The maximum absolute atomic E-state index is 13.7. The molecule has 3 aromatic rings. The zero-order chi connectivity index (χ0) is 23.9. The minimum Gasteiger partial charge on any atom is -0.472 e. The van der Waals surface area contributed by atoms with Gasteiger partial charge in [0.05, 0.1) is 17.2 Å². The number of rotatable bonds is 4. The van der Waals surface area contributed by atoms with Crippen molar-refractivity contribution in [2.45, 2.75) is 44.5 Å². The van der Waals surface area contributed by atoms with Crippen LogP contribution < -0.4 is 4.74 Å². The Morgan fingerprint density at radius 1 is 1.09 bits per heavy atom. The summed E-state index contributed by atoms with van der Waals surface area (Å²) >= 11 is 0. The minimum absolute atomic E-state index is 0.119. The lowest BCUT2D eigenvalue weighted by Crippen LogP contribution is -2.59. The average molecular weight is 469 g/mol. The van der Waals surface area contributed by atoms with Crippen LogP contribution in [0.5, 0.6) is 5.88 Å². The lowest BCUT2D eigenvalue weighted by Gasteiger charge is -2.49. The van der Waals surface area contributed by atoms with Crippen LogP contribution in [-0.2, 0) is 6.18 Å². The number of aryl methyl sites for hydroxylation is 1. The van der Waals surface area contributed by atoms with E-state index < -0.39 is 11.7 Å². The van der Waals surface area contributed by atoms with E-state index in [4.69, 9.17) is 4.74 Å². The summed E-state index contributed by atoms with van der Waals surface area (Å²) in [5, 5.41) is 0. The van der Waals surface area contributed by atoms with Crippen molar-refractivity contribution in [1.29, 1.82) is 0 Å². The zero-order valence-corrected chi connectivity index (χ0v) is 18.4. The molecule has 1 aliphatic carbocycles. The second-order valence-corrected chi connectivity index (χ2v) is 8.66. The van der Waals surface area contributed by atoms with Crippen molar-refractivity contribution in [3.05, 3.63) is 65.7 Å². The monoisotopic (exact) mass is 469 g/mol. The summed E-state index contributed by atoms with van der Waals surface area (Å²) in [5.74, 6) is 0.549. The molecule has 5 heterocycles. The molecule has 1 amide bonds. The third-order valence-electron chi connectivity index (χ3n) is 6.36. The standard InChI is InChI=1S/C24H22F3N5O2/c1-14-3-6-17(21(31-14)22-28-9-2-10-29-22)23(33)32-13-15-4-7-18(32)19(11-15)34-20-8-5-16(12-30-20)24(25,26)27/h2-3,5-6,8-10,12,15,18-19H,4,7,11,13H2,1H3. The molecule has 3 atom stereocenters. The Labute approximate surface area is 194 Å². The first-order valence-corrected chi connectivity index (χ1v) is 11.1. The van der Waals surface area contributed by atoms with Crippen LogP contribution in [0.15, 0.2) is 48.9 Å². The van der Waals surface area contributed by atoms with Gasteiger partial charge in [-0.15, -0.1) is 0 Å². The molecule has 176 valence electrons. The molecule has 0 radical (unpaired) electrons. The van der Waals surface area contributed by atoms with E-state index in [1.54, 1.807) is 35.5 Å². The molecule has 2 aliphatic heterocycles. The van der Waals surface area contributed by atoms with Crippen LogP contribution in [0.1, 0.15) is 40.9 Å². The number of carbonyl (C=O) groups is 1. The molecule has 3 fully saturated rings. The van der Waals surface area contributed by atoms with Gasteiger partial charge in [0.2, 0.25) is 5.88 Å². The number of halogens is 3. The Morgan fingerprint density at radius 2 is 1.88 bits per heavy atom. The number of alkyl halides is 3. The number of ether oxygens (including phenoxy) is 1. The highest BCUT2D eigenvalue weighted by atomic mass is 19.4. The number of fused-ring (bicyclic) bond motifs is 3. The lowest BCUT2D eigenvalue weighted by atomic mass is 9.77. The molecule has 1 saturated carbocycles. The van der Waals surface area contributed by atoms with Crippen LogP contribution in [-0.4, -0.2) is 49.4 Å². The third-order valence-corrected chi connectivity index (χ3v) is 6.36. The van der Waals surface area contributed by atoms with E-state index in [1.807, 2.05) is 6.92 Å². The summed E-state index contributed by atoms with van der Waals surface area (Å²) in [4.78, 5) is 32.4. The fourth-order valence-electron chi connectivity index (χ4n) is 4.74. The molecule has 10 heteroatoms. The molecule has 34 heavy (non-hydrogen) atoms. The van der Waals surface area contributed by atoms with Crippen molar-refractivity contribution in [2.24, 2.45) is 5.92 Å². The highest BCUT2D eigenvalue weighted by Crippen LogP contribution is 2.39. The van der Waals surface area contributed by atoms with Gasteiger partial charge < -0.3 is 9.64 Å². The average Bonchev–Trinajstić information content (AvgIpc) is 2.84. The highest BCUT2D eigenvalue weighted by Gasteiger charge is 2.45. The molecule has 6 rings (SSSR count). The predicted octanol–water partition coefficient (Wildman–Crippen LogP) is 4.33. The smallest absolute Gasteiger partial charge is 0.417 e. The van der Waals surface area contributed by atoms with Crippen LogP contribution in [0, 0.1) is 12.8 Å². The Kier molecular flexibility index (Phi) is 5.66. The van der Waals surface area contributed by atoms with E-state index in [0.717, 1.165) is 37.2 Å². The molecule has 0 N–H and O–H groups in total. The summed E-state index contributed by atoms with van der Waals surface area (Å²) in [6.45, 7) is 2.43. The number of nitrogens with zero attached hydrogens (tertiary/aromatic N) is 5. The molecule has 7 nitrogen and oxygen atoms in total. The zero-order valence-electron chi connectivity index (χ0n) is 18.4. The summed E-state index contributed by atoms with van der Waals surface area (Å²) in [7, 11) is 0. The number of amides is 1. The Balaban J connectivity index is 1.40. The van der Waals surface area contributed by atoms with E-state index in [2.05, 4.69) is 19.9 Å². The van der Waals surface area contributed by atoms with E-state index in [1.165, 1.54) is 6.07 Å². The van der Waals surface area contributed by atoms with Crippen LogP contribution in [0.4, 0.5) is 13.2 Å². The van der Waals surface area contributed by atoms with E-state index >= 15 is 0 Å². The van der Waals surface area contributed by atoms with Crippen LogP contribution in [0.2, 0.25) is 0 Å². The summed E-state index contributed by atoms with van der Waals surface area (Å²) < 4.78 is 44.5.